The predicted molar refractivity (Wildman–Crippen MR) is 59.5 cm³/mol. The van der Waals surface area contributed by atoms with Crippen LogP contribution in [-0.2, 0) is 11.2 Å². The highest BCUT2D eigenvalue weighted by atomic mass is 19.4. The van der Waals surface area contributed by atoms with Gasteiger partial charge in [-0.2, -0.15) is 13.2 Å². The number of hydrogen-bond donors (Lipinski definition) is 1. The van der Waals surface area contributed by atoms with Gasteiger partial charge in [0.25, 0.3) is 5.56 Å². The van der Waals surface area contributed by atoms with Crippen molar-refractivity contribution in [2.45, 2.75) is 32.4 Å². The van der Waals surface area contributed by atoms with Gasteiger partial charge in [-0.3, -0.25) is 4.79 Å². The zero-order valence-corrected chi connectivity index (χ0v) is 10.2. The first-order chi connectivity index (χ1) is 8.28. The second-order valence-corrected chi connectivity index (χ2v) is 4.19. The van der Waals surface area contributed by atoms with Crippen LogP contribution in [0.1, 0.15) is 31.3 Å². The zero-order valence-electron chi connectivity index (χ0n) is 10.2. The van der Waals surface area contributed by atoms with Crippen LogP contribution in [0, 0.1) is 0 Å². The lowest BCUT2D eigenvalue weighted by atomic mass is 10.1. The third kappa shape index (κ3) is 5.31. The second-order valence-electron chi connectivity index (χ2n) is 4.19. The number of alkyl halides is 3. The van der Waals surface area contributed by atoms with E-state index >= 15 is 0 Å². The number of halogens is 3. The fourth-order valence-electron chi connectivity index (χ4n) is 1.30. The Morgan fingerprint density at radius 3 is 2.67 bits per heavy atom. The van der Waals surface area contributed by atoms with E-state index in [1.165, 1.54) is 6.07 Å². The van der Waals surface area contributed by atoms with E-state index in [0.717, 1.165) is 0 Å². The molecule has 0 saturated heterocycles. The monoisotopic (exact) mass is 264 g/mol. The van der Waals surface area contributed by atoms with Crippen LogP contribution in [0.25, 0.3) is 0 Å². The quantitative estimate of drug-likeness (QED) is 0.828. The van der Waals surface area contributed by atoms with Crippen molar-refractivity contribution in [2.24, 2.45) is 0 Å². The normalized spacial score (nSPS) is 12.1. The molecule has 0 fully saturated rings. The summed E-state index contributed by atoms with van der Waals surface area (Å²) in [5.41, 5.74) is 0.309. The van der Waals surface area contributed by atoms with Gasteiger partial charge in [0.1, 0.15) is 12.4 Å². The molecule has 0 aliphatic rings. The molecule has 7 heteroatoms. The zero-order chi connectivity index (χ0) is 13.8. The van der Waals surface area contributed by atoms with Crippen molar-refractivity contribution in [3.63, 3.8) is 0 Å². The fraction of sp³-hybridized carbons (Fsp3) is 0.636. The first-order valence-electron chi connectivity index (χ1n) is 5.52. The minimum absolute atomic E-state index is 0.0853. The largest absolute Gasteiger partial charge is 0.411 e. The van der Waals surface area contributed by atoms with Crippen LogP contribution in [0.3, 0.4) is 0 Å². The molecule has 4 nitrogen and oxygen atoms in total. The topological polar surface area (TPSA) is 55.0 Å². The molecular weight excluding hydrogens is 249 g/mol. The third-order valence-corrected chi connectivity index (χ3v) is 2.15. The Morgan fingerprint density at radius 1 is 1.44 bits per heavy atom. The van der Waals surface area contributed by atoms with Crippen molar-refractivity contribution in [1.29, 1.82) is 0 Å². The van der Waals surface area contributed by atoms with Gasteiger partial charge in [-0.25, -0.2) is 4.98 Å². The first-order valence-corrected chi connectivity index (χ1v) is 5.52. The molecule has 0 bridgehead atoms. The number of H-pyrrole nitrogens is 1. The van der Waals surface area contributed by atoms with Crippen LogP contribution in [0.15, 0.2) is 10.9 Å². The molecule has 0 aliphatic heterocycles. The maximum atomic E-state index is 11.8. The first kappa shape index (κ1) is 14.7. The van der Waals surface area contributed by atoms with E-state index < -0.39 is 12.8 Å². The van der Waals surface area contributed by atoms with Crippen molar-refractivity contribution >= 4 is 0 Å². The molecule has 18 heavy (non-hydrogen) atoms. The lowest BCUT2D eigenvalue weighted by Gasteiger charge is -2.08. The van der Waals surface area contributed by atoms with E-state index in [1.54, 1.807) is 0 Å². The number of nitrogens with one attached hydrogen (secondary N) is 1. The molecular formula is C11H15F3N2O2. The van der Waals surface area contributed by atoms with Gasteiger partial charge in [0.05, 0.1) is 12.3 Å². The van der Waals surface area contributed by atoms with Gasteiger partial charge < -0.3 is 9.72 Å². The minimum atomic E-state index is -4.33. The molecule has 0 radical (unpaired) electrons. The van der Waals surface area contributed by atoms with Gasteiger partial charge in [0.15, 0.2) is 0 Å². The number of aromatic amines is 1. The SMILES string of the molecule is CC(C)c1cc(=O)[nH]c(CCOCC(F)(F)F)n1. The van der Waals surface area contributed by atoms with Gasteiger partial charge in [-0.05, 0) is 5.92 Å². The third-order valence-electron chi connectivity index (χ3n) is 2.15. The van der Waals surface area contributed by atoms with Gasteiger partial charge in [0, 0.05) is 12.5 Å². The van der Waals surface area contributed by atoms with E-state index in [-0.39, 0.29) is 24.5 Å². The Morgan fingerprint density at radius 2 is 2.11 bits per heavy atom. The lowest BCUT2D eigenvalue weighted by Crippen LogP contribution is -2.19. The van der Waals surface area contributed by atoms with Crippen molar-refractivity contribution in [1.82, 2.24) is 9.97 Å². The van der Waals surface area contributed by atoms with Crippen molar-refractivity contribution in [3.8, 4) is 0 Å². The molecule has 0 amide bonds. The maximum absolute atomic E-state index is 11.8. The number of hydrogen-bond acceptors (Lipinski definition) is 3. The standard InChI is InChI=1S/C11H15F3N2O2/c1-7(2)8-5-10(17)16-9(15-8)3-4-18-6-11(12,13)14/h5,7H,3-4,6H2,1-2H3,(H,15,16,17). The van der Waals surface area contributed by atoms with Crippen molar-refractivity contribution < 1.29 is 17.9 Å². The highest BCUT2D eigenvalue weighted by Crippen LogP contribution is 2.14. The summed E-state index contributed by atoms with van der Waals surface area (Å²) < 4.78 is 39.9. The number of rotatable bonds is 5. The Labute approximate surface area is 102 Å². The summed E-state index contributed by atoms with van der Waals surface area (Å²) in [6.07, 6.45) is -4.19. The fourth-order valence-corrected chi connectivity index (χ4v) is 1.30. The van der Waals surface area contributed by atoms with Crippen molar-refractivity contribution in [3.05, 3.63) is 27.9 Å². The summed E-state index contributed by atoms with van der Waals surface area (Å²) in [7, 11) is 0. The highest BCUT2D eigenvalue weighted by molar-refractivity contribution is 5.06. The smallest absolute Gasteiger partial charge is 0.372 e. The summed E-state index contributed by atoms with van der Waals surface area (Å²) in [6, 6.07) is 1.38. The summed E-state index contributed by atoms with van der Waals surface area (Å²) in [5, 5.41) is 0. The minimum Gasteiger partial charge on any atom is -0.372 e. The molecule has 1 heterocycles. The molecule has 0 unspecified atom stereocenters. The highest BCUT2D eigenvalue weighted by Gasteiger charge is 2.27. The average molecular weight is 264 g/mol. The summed E-state index contributed by atoms with van der Waals surface area (Å²) >= 11 is 0. The average Bonchev–Trinajstić information content (AvgIpc) is 2.22. The number of aromatic nitrogens is 2. The van der Waals surface area contributed by atoms with Gasteiger partial charge in [0.2, 0.25) is 0 Å². The van der Waals surface area contributed by atoms with Crippen LogP contribution in [0.5, 0.6) is 0 Å². The molecule has 1 aromatic heterocycles. The number of nitrogens with zero attached hydrogens (tertiary/aromatic N) is 1. The molecule has 1 aromatic rings. The molecule has 0 spiro atoms. The van der Waals surface area contributed by atoms with E-state index in [0.29, 0.717) is 11.5 Å². The molecule has 1 rings (SSSR count). The Hall–Kier alpha value is -1.37. The number of ether oxygens (including phenoxy) is 1. The van der Waals surface area contributed by atoms with E-state index in [4.69, 9.17) is 0 Å². The molecule has 0 saturated carbocycles. The molecule has 102 valence electrons. The van der Waals surface area contributed by atoms with Crippen LogP contribution >= 0.6 is 0 Å². The second kappa shape index (κ2) is 5.99. The lowest BCUT2D eigenvalue weighted by molar-refractivity contribution is -0.173. The van der Waals surface area contributed by atoms with Crippen LogP contribution < -0.4 is 5.56 Å². The predicted octanol–water partition coefficient (Wildman–Crippen LogP) is 2.01. The molecule has 0 aliphatic carbocycles. The van der Waals surface area contributed by atoms with Crippen LogP contribution in [0.4, 0.5) is 13.2 Å². The van der Waals surface area contributed by atoms with Crippen LogP contribution in [0.2, 0.25) is 0 Å². The Balaban J connectivity index is 2.55. The maximum Gasteiger partial charge on any atom is 0.411 e. The van der Waals surface area contributed by atoms with Gasteiger partial charge in [-0.15, -0.1) is 0 Å². The van der Waals surface area contributed by atoms with E-state index in [2.05, 4.69) is 14.7 Å². The molecule has 1 N–H and O–H groups in total. The molecule has 0 aromatic carbocycles. The van der Waals surface area contributed by atoms with Gasteiger partial charge in [-0.1, -0.05) is 13.8 Å². The Bertz CT molecular complexity index is 441. The van der Waals surface area contributed by atoms with Crippen molar-refractivity contribution in [2.75, 3.05) is 13.2 Å². The van der Waals surface area contributed by atoms with E-state index in [1.807, 2.05) is 13.8 Å². The van der Waals surface area contributed by atoms with Crippen LogP contribution in [-0.4, -0.2) is 29.4 Å². The summed E-state index contributed by atoms with van der Waals surface area (Å²) in [4.78, 5) is 17.9. The van der Waals surface area contributed by atoms with E-state index in [9.17, 15) is 18.0 Å². The molecule has 0 atom stereocenters. The summed E-state index contributed by atoms with van der Waals surface area (Å²) in [6.45, 7) is 2.34. The summed E-state index contributed by atoms with van der Waals surface area (Å²) in [5.74, 6) is 0.426. The Kier molecular flexibility index (Phi) is 4.89. The van der Waals surface area contributed by atoms with Gasteiger partial charge >= 0.3 is 6.18 Å².